The van der Waals surface area contributed by atoms with Crippen LogP contribution in [-0.4, -0.2) is 34.9 Å². The summed E-state index contributed by atoms with van der Waals surface area (Å²) >= 11 is 0. The van der Waals surface area contributed by atoms with Crippen molar-refractivity contribution >= 4 is 0 Å². The molecule has 0 aliphatic rings. The molecular formula is C61H43N7. The Hall–Kier alpha value is -9.07. The number of aryl methyl sites for hydroxylation is 2. The maximum Gasteiger partial charge on any atom is 0.164 e. The zero-order chi connectivity index (χ0) is 45.8. The zero-order valence-corrected chi connectivity index (χ0v) is 37.5. The second kappa shape index (κ2) is 18.4. The first-order valence-corrected chi connectivity index (χ1v) is 22.6. The van der Waals surface area contributed by atoms with Gasteiger partial charge in [0.2, 0.25) is 0 Å². The molecule has 0 spiro atoms. The van der Waals surface area contributed by atoms with E-state index in [0.717, 1.165) is 101 Å². The fraction of sp³-hybridized carbons (Fsp3) is 0.0328. The van der Waals surface area contributed by atoms with Crippen molar-refractivity contribution in [2.45, 2.75) is 13.8 Å². The smallest absolute Gasteiger partial charge is 0.164 e. The van der Waals surface area contributed by atoms with Crippen molar-refractivity contribution < 1.29 is 0 Å². The normalized spacial score (nSPS) is 11.1. The van der Waals surface area contributed by atoms with Crippen molar-refractivity contribution in [3.8, 4) is 113 Å². The second-order valence-electron chi connectivity index (χ2n) is 16.6. The lowest BCUT2D eigenvalue weighted by Crippen LogP contribution is -2.01. The fourth-order valence-corrected chi connectivity index (χ4v) is 8.85. The summed E-state index contributed by atoms with van der Waals surface area (Å²) < 4.78 is 0. The summed E-state index contributed by atoms with van der Waals surface area (Å²) in [5.74, 6) is 2.37. The van der Waals surface area contributed by atoms with E-state index in [0.29, 0.717) is 23.3 Å². The molecule has 0 amide bonds. The Labute approximate surface area is 395 Å². The number of hydrogen-bond donors (Lipinski definition) is 0. The molecule has 0 fully saturated rings. The van der Waals surface area contributed by atoms with Crippen LogP contribution in [0.3, 0.4) is 0 Å². The van der Waals surface area contributed by atoms with Gasteiger partial charge in [-0.2, -0.15) is 0 Å². The second-order valence-corrected chi connectivity index (χ2v) is 16.6. The highest BCUT2D eigenvalue weighted by Crippen LogP contribution is 2.45. The Kier molecular flexibility index (Phi) is 11.3. The number of aromatic nitrogens is 7. The highest BCUT2D eigenvalue weighted by molar-refractivity contribution is 6.00. The maximum absolute atomic E-state index is 5.32. The minimum Gasteiger partial charge on any atom is -0.258 e. The van der Waals surface area contributed by atoms with Crippen molar-refractivity contribution in [1.82, 2.24) is 34.9 Å². The van der Waals surface area contributed by atoms with Gasteiger partial charge in [0.15, 0.2) is 23.3 Å². The van der Waals surface area contributed by atoms with Crippen molar-refractivity contribution in [2.24, 2.45) is 0 Å². The third-order valence-corrected chi connectivity index (χ3v) is 12.1. The van der Waals surface area contributed by atoms with Gasteiger partial charge in [-0.1, -0.05) is 188 Å². The van der Waals surface area contributed by atoms with Crippen LogP contribution in [0.5, 0.6) is 0 Å². The first-order chi connectivity index (χ1) is 33.5. The van der Waals surface area contributed by atoms with Gasteiger partial charge in [-0.25, -0.2) is 24.9 Å². The van der Waals surface area contributed by atoms with Crippen LogP contribution in [0, 0.1) is 13.8 Å². The van der Waals surface area contributed by atoms with Gasteiger partial charge in [-0.05, 0) is 72.0 Å². The van der Waals surface area contributed by atoms with E-state index in [1.165, 1.54) is 0 Å². The summed E-state index contributed by atoms with van der Waals surface area (Å²) in [5, 5.41) is 0. The quantitative estimate of drug-likeness (QED) is 0.135. The zero-order valence-electron chi connectivity index (χ0n) is 37.5. The van der Waals surface area contributed by atoms with E-state index in [9.17, 15) is 0 Å². The van der Waals surface area contributed by atoms with Gasteiger partial charge in [0.05, 0.1) is 17.1 Å². The summed E-state index contributed by atoms with van der Waals surface area (Å²) in [6, 6.07) is 74.6. The molecule has 0 saturated heterocycles. The molecule has 322 valence electrons. The topological polar surface area (TPSA) is 90.2 Å². The number of nitrogens with zero attached hydrogens (tertiary/aromatic N) is 7. The highest BCUT2D eigenvalue weighted by Gasteiger charge is 2.22. The Morgan fingerprint density at radius 1 is 0.265 bits per heavy atom. The van der Waals surface area contributed by atoms with E-state index < -0.39 is 0 Å². The Morgan fingerprint density at radius 3 is 1.44 bits per heavy atom. The predicted octanol–water partition coefficient (Wildman–Crippen LogP) is 14.7. The lowest BCUT2D eigenvalue weighted by atomic mass is 9.84. The molecule has 0 unspecified atom stereocenters. The molecular weight excluding hydrogens is 831 g/mol. The van der Waals surface area contributed by atoms with E-state index in [-0.39, 0.29) is 0 Å². The first-order valence-electron chi connectivity index (χ1n) is 22.6. The third kappa shape index (κ3) is 8.36. The van der Waals surface area contributed by atoms with Crippen LogP contribution in [0.15, 0.2) is 225 Å². The van der Waals surface area contributed by atoms with Crippen LogP contribution in [-0.2, 0) is 0 Å². The maximum atomic E-state index is 5.32. The third-order valence-electron chi connectivity index (χ3n) is 12.1. The van der Waals surface area contributed by atoms with Crippen molar-refractivity contribution in [3.63, 3.8) is 0 Å². The van der Waals surface area contributed by atoms with Gasteiger partial charge in [0.25, 0.3) is 0 Å². The van der Waals surface area contributed by atoms with Crippen LogP contribution in [0.25, 0.3) is 113 Å². The van der Waals surface area contributed by atoms with E-state index in [1.807, 2.05) is 110 Å². The largest absolute Gasteiger partial charge is 0.258 e. The van der Waals surface area contributed by atoms with Gasteiger partial charge >= 0.3 is 0 Å². The lowest BCUT2D eigenvalue weighted by molar-refractivity contribution is 1.07. The molecule has 0 radical (unpaired) electrons. The molecule has 4 aromatic heterocycles. The standard InChI is InChI=1S/C61H43N7/c1-40-35-36-47(41(2)63-40)51-33-19-32-48(57(51)52-30-14-12-28-49(52)56-39-55(42-20-6-3-7-21-42)64-58(65-56)43-22-8-4-9-23-43)45-26-18-27-46(38-45)60-66-59(44-24-10-5-11-25-44)67-61(68-60)53-31-15-13-29-50(53)54-34-16-17-37-62-54/h3-39H,1-2H3. The van der Waals surface area contributed by atoms with Gasteiger partial charge in [0.1, 0.15) is 0 Å². The van der Waals surface area contributed by atoms with Crippen LogP contribution >= 0.6 is 0 Å². The molecule has 0 aliphatic carbocycles. The number of benzene rings is 7. The minimum absolute atomic E-state index is 0.561. The monoisotopic (exact) mass is 873 g/mol. The van der Waals surface area contributed by atoms with Crippen LogP contribution < -0.4 is 0 Å². The molecule has 0 aliphatic heterocycles. The molecule has 4 heterocycles. The van der Waals surface area contributed by atoms with Gasteiger partial charge < -0.3 is 0 Å². The SMILES string of the molecule is Cc1ccc(-c2cccc(-c3cccc(-c4nc(-c5ccccc5)nc(-c5ccccc5-c5ccccn5)n4)c3)c2-c2ccccc2-c2cc(-c3ccccc3)nc(-c3ccccc3)n2)c(C)n1. The van der Waals surface area contributed by atoms with E-state index in [1.54, 1.807) is 0 Å². The number of rotatable bonds is 10. The molecule has 7 nitrogen and oxygen atoms in total. The first kappa shape index (κ1) is 41.6. The number of pyridine rings is 2. The van der Waals surface area contributed by atoms with Crippen LogP contribution in [0.1, 0.15) is 11.4 Å². The summed E-state index contributed by atoms with van der Waals surface area (Å²) in [5.41, 5.74) is 17.2. The average Bonchev–Trinajstić information content (AvgIpc) is 3.41. The van der Waals surface area contributed by atoms with Crippen LogP contribution in [0.4, 0.5) is 0 Å². The molecule has 0 bridgehead atoms. The summed E-state index contributed by atoms with van der Waals surface area (Å²) in [7, 11) is 0. The van der Waals surface area contributed by atoms with Gasteiger partial charge in [-0.3, -0.25) is 9.97 Å². The molecule has 11 aromatic rings. The Morgan fingerprint density at radius 2 is 0.765 bits per heavy atom. The lowest BCUT2D eigenvalue weighted by Gasteiger charge is -2.20. The van der Waals surface area contributed by atoms with E-state index in [4.69, 9.17) is 34.9 Å². The molecule has 11 rings (SSSR count). The molecule has 0 atom stereocenters. The van der Waals surface area contributed by atoms with E-state index >= 15 is 0 Å². The molecule has 0 N–H and O–H groups in total. The van der Waals surface area contributed by atoms with Gasteiger partial charge in [0, 0.05) is 62.1 Å². The summed E-state index contributed by atoms with van der Waals surface area (Å²) in [6.45, 7) is 4.12. The summed E-state index contributed by atoms with van der Waals surface area (Å²) in [6.07, 6.45) is 1.81. The minimum atomic E-state index is 0.561. The number of hydrogen-bond acceptors (Lipinski definition) is 7. The van der Waals surface area contributed by atoms with Crippen molar-refractivity contribution in [3.05, 3.63) is 236 Å². The van der Waals surface area contributed by atoms with Gasteiger partial charge in [-0.15, -0.1) is 0 Å². The van der Waals surface area contributed by atoms with Crippen LogP contribution in [0.2, 0.25) is 0 Å². The molecule has 7 heteroatoms. The Balaban J connectivity index is 1.12. The predicted molar refractivity (Wildman–Crippen MR) is 275 cm³/mol. The molecule has 7 aromatic carbocycles. The van der Waals surface area contributed by atoms with E-state index in [2.05, 4.69) is 128 Å². The molecule has 68 heavy (non-hydrogen) atoms. The average molecular weight is 874 g/mol. The fourth-order valence-electron chi connectivity index (χ4n) is 8.85. The van der Waals surface area contributed by atoms with Crippen molar-refractivity contribution in [2.75, 3.05) is 0 Å². The molecule has 0 saturated carbocycles. The summed E-state index contributed by atoms with van der Waals surface area (Å²) in [4.78, 5) is 35.6. The highest BCUT2D eigenvalue weighted by atomic mass is 15.0. The van der Waals surface area contributed by atoms with Crippen molar-refractivity contribution in [1.29, 1.82) is 0 Å². The Bertz CT molecular complexity index is 3520.